The van der Waals surface area contributed by atoms with Gasteiger partial charge in [-0.2, -0.15) is 5.10 Å². The number of anilines is 2. The van der Waals surface area contributed by atoms with E-state index < -0.39 is 0 Å². The summed E-state index contributed by atoms with van der Waals surface area (Å²) in [5.74, 6) is 1.08. The summed E-state index contributed by atoms with van der Waals surface area (Å²) in [6.07, 6.45) is 0.612. The molecule has 8 heteroatoms. The topological polar surface area (TPSA) is 79.7 Å². The number of hydrogen-bond donors (Lipinski definition) is 1. The van der Waals surface area contributed by atoms with Crippen LogP contribution in [0.1, 0.15) is 33.9 Å². The highest BCUT2D eigenvalue weighted by atomic mass is 79.9. The number of amides is 1. The summed E-state index contributed by atoms with van der Waals surface area (Å²) in [6.45, 7) is 0. The fourth-order valence-corrected chi connectivity index (χ4v) is 5.88. The third-order valence-electron chi connectivity index (χ3n) is 7.82. The number of carbonyl (C=O) groups excluding carboxylic acids is 1. The number of fused-ring (bicyclic) bond motifs is 1. The molecular weight excluding hydrogens is 626 g/mol. The fraction of sp³-hybridized carbons (Fsp3) is 0.0811. The van der Waals surface area contributed by atoms with Crippen LogP contribution in [0.2, 0.25) is 0 Å². The lowest BCUT2D eigenvalue weighted by atomic mass is 9.98. The molecule has 0 spiro atoms. The molecule has 220 valence electrons. The third-order valence-corrected chi connectivity index (χ3v) is 8.31. The highest BCUT2D eigenvalue weighted by Crippen LogP contribution is 2.35. The van der Waals surface area contributed by atoms with E-state index >= 15 is 0 Å². The molecule has 1 aromatic heterocycles. The van der Waals surface area contributed by atoms with E-state index in [1.807, 2.05) is 127 Å². The van der Waals surface area contributed by atoms with Gasteiger partial charge in [0.05, 0.1) is 30.1 Å². The Morgan fingerprint density at radius 1 is 0.822 bits per heavy atom. The zero-order valence-corrected chi connectivity index (χ0v) is 26.0. The van der Waals surface area contributed by atoms with Gasteiger partial charge in [-0.3, -0.25) is 4.79 Å². The molecule has 0 radical (unpaired) electrons. The third kappa shape index (κ3) is 5.92. The van der Waals surface area contributed by atoms with Gasteiger partial charge >= 0.3 is 0 Å². The van der Waals surface area contributed by atoms with Gasteiger partial charge in [0.15, 0.2) is 0 Å². The quantitative estimate of drug-likeness (QED) is 0.186. The Balaban J connectivity index is 1.17. The maximum Gasteiger partial charge on any atom is 0.274 e. The van der Waals surface area contributed by atoms with Gasteiger partial charge in [0.1, 0.15) is 5.75 Å². The Morgan fingerprint density at radius 2 is 1.53 bits per heavy atom. The standard InChI is InChI=1S/C37H28BrN5O2/c1-45-30-19-14-24(15-20-30)33-23-34(25-8-4-2-5-9-25)43(42-33)36(44)27-12-17-29(18-13-27)39-37-40-32-21-16-28(38)22-31(32)35(41-37)26-10-6-3-7-11-26/h2-22,34H,23H2,1H3,(H,39,40,41). The number of ether oxygens (including phenoxy) is 1. The minimum absolute atomic E-state index is 0.169. The molecule has 1 atom stereocenters. The zero-order valence-electron chi connectivity index (χ0n) is 24.4. The van der Waals surface area contributed by atoms with Crippen LogP contribution in [-0.4, -0.2) is 33.7 Å². The van der Waals surface area contributed by atoms with Gasteiger partial charge in [-0.15, -0.1) is 0 Å². The molecule has 1 N–H and O–H groups in total. The van der Waals surface area contributed by atoms with Crippen molar-refractivity contribution >= 4 is 50.1 Å². The van der Waals surface area contributed by atoms with Crippen LogP contribution < -0.4 is 10.1 Å². The van der Waals surface area contributed by atoms with Gasteiger partial charge in [-0.25, -0.2) is 15.0 Å². The normalized spacial score (nSPS) is 14.3. The average molecular weight is 655 g/mol. The van der Waals surface area contributed by atoms with Crippen LogP contribution in [0.5, 0.6) is 5.75 Å². The first-order chi connectivity index (χ1) is 22.1. The molecule has 1 aliphatic rings. The second-order valence-corrected chi connectivity index (χ2v) is 11.6. The predicted molar refractivity (Wildman–Crippen MR) is 182 cm³/mol. The monoisotopic (exact) mass is 653 g/mol. The van der Waals surface area contributed by atoms with E-state index in [1.54, 1.807) is 12.1 Å². The number of nitrogens with zero attached hydrogens (tertiary/aromatic N) is 4. The van der Waals surface area contributed by atoms with Crippen molar-refractivity contribution in [3.05, 3.63) is 149 Å². The summed E-state index contributed by atoms with van der Waals surface area (Å²) in [5, 5.41) is 10.7. The van der Waals surface area contributed by atoms with Crippen LogP contribution in [0.15, 0.2) is 137 Å². The van der Waals surface area contributed by atoms with Gasteiger partial charge in [-0.05, 0) is 77.9 Å². The van der Waals surface area contributed by atoms with Crippen molar-refractivity contribution in [1.29, 1.82) is 0 Å². The molecule has 45 heavy (non-hydrogen) atoms. The van der Waals surface area contributed by atoms with E-state index in [2.05, 4.69) is 21.2 Å². The summed E-state index contributed by atoms with van der Waals surface area (Å²) in [5.41, 5.74) is 6.82. The number of carbonyl (C=O) groups is 1. The molecule has 1 amide bonds. The summed E-state index contributed by atoms with van der Waals surface area (Å²) < 4.78 is 6.28. The summed E-state index contributed by atoms with van der Waals surface area (Å²) in [7, 11) is 1.64. The second kappa shape index (κ2) is 12.3. The molecule has 0 fully saturated rings. The largest absolute Gasteiger partial charge is 0.497 e. The van der Waals surface area contributed by atoms with Gasteiger partial charge in [-0.1, -0.05) is 76.6 Å². The van der Waals surface area contributed by atoms with Crippen molar-refractivity contribution < 1.29 is 9.53 Å². The molecule has 0 aliphatic carbocycles. The lowest BCUT2D eigenvalue weighted by molar-refractivity contribution is 0.0711. The molecule has 6 aromatic rings. The molecule has 2 heterocycles. The molecule has 7 nitrogen and oxygen atoms in total. The smallest absolute Gasteiger partial charge is 0.274 e. The number of aromatic nitrogens is 2. The van der Waals surface area contributed by atoms with Gasteiger partial charge in [0.25, 0.3) is 5.91 Å². The minimum atomic E-state index is -0.212. The summed E-state index contributed by atoms with van der Waals surface area (Å²) in [6, 6.07) is 41.0. The van der Waals surface area contributed by atoms with E-state index in [0.717, 1.165) is 54.9 Å². The Hall–Kier alpha value is -5.34. The first-order valence-electron chi connectivity index (χ1n) is 14.6. The summed E-state index contributed by atoms with van der Waals surface area (Å²) >= 11 is 3.58. The fourth-order valence-electron chi connectivity index (χ4n) is 5.52. The number of methoxy groups -OCH3 is 1. The van der Waals surface area contributed by atoms with Crippen LogP contribution >= 0.6 is 15.9 Å². The zero-order chi connectivity index (χ0) is 30.8. The van der Waals surface area contributed by atoms with Gasteiger partial charge in [0.2, 0.25) is 5.95 Å². The van der Waals surface area contributed by atoms with Crippen molar-refractivity contribution in [3.8, 4) is 17.0 Å². The molecule has 0 bridgehead atoms. The molecule has 7 rings (SSSR count). The number of halogens is 1. The van der Waals surface area contributed by atoms with Crippen LogP contribution in [0.3, 0.4) is 0 Å². The molecule has 1 unspecified atom stereocenters. The average Bonchev–Trinajstić information content (AvgIpc) is 3.55. The lowest BCUT2D eigenvalue weighted by Gasteiger charge is -2.22. The highest BCUT2D eigenvalue weighted by Gasteiger charge is 2.33. The molecule has 0 saturated heterocycles. The van der Waals surface area contributed by atoms with Crippen LogP contribution in [0, 0.1) is 0 Å². The number of benzene rings is 5. The van der Waals surface area contributed by atoms with E-state index in [1.165, 1.54) is 0 Å². The van der Waals surface area contributed by atoms with Gasteiger partial charge in [0, 0.05) is 33.1 Å². The molecule has 0 saturated carbocycles. The Kier molecular flexibility index (Phi) is 7.80. The Labute approximate surface area is 269 Å². The van der Waals surface area contributed by atoms with Gasteiger partial charge < -0.3 is 10.1 Å². The molecule has 5 aromatic carbocycles. The minimum Gasteiger partial charge on any atom is -0.497 e. The predicted octanol–water partition coefficient (Wildman–Crippen LogP) is 8.80. The number of nitrogens with one attached hydrogen (secondary N) is 1. The number of rotatable bonds is 7. The van der Waals surface area contributed by atoms with Crippen LogP contribution in [0.4, 0.5) is 11.6 Å². The SMILES string of the molecule is COc1ccc(C2=NN(C(=O)c3ccc(Nc4nc(-c5ccccc5)c5cc(Br)ccc5n4)cc3)C(c3ccccc3)C2)cc1. The van der Waals surface area contributed by atoms with Crippen molar-refractivity contribution in [2.75, 3.05) is 12.4 Å². The van der Waals surface area contributed by atoms with E-state index in [0.29, 0.717) is 17.9 Å². The second-order valence-electron chi connectivity index (χ2n) is 10.7. The van der Waals surface area contributed by atoms with Crippen LogP contribution in [0.25, 0.3) is 22.2 Å². The lowest BCUT2D eigenvalue weighted by Crippen LogP contribution is -2.27. The van der Waals surface area contributed by atoms with Crippen molar-refractivity contribution in [2.24, 2.45) is 5.10 Å². The first-order valence-corrected chi connectivity index (χ1v) is 15.4. The summed E-state index contributed by atoms with van der Waals surface area (Å²) in [4.78, 5) is 23.5. The highest BCUT2D eigenvalue weighted by molar-refractivity contribution is 9.10. The van der Waals surface area contributed by atoms with Crippen molar-refractivity contribution in [3.63, 3.8) is 0 Å². The first kappa shape index (κ1) is 28.4. The van der Waals surface area contributed by atoms with Crippen molar-refractivity contribution in [2.45, 2.75) is 12.5 Å². The van der Waals surface area contributed by atoms with Crippen LogP contribution in [-0.2, 0) is 0 Å². The molecule has 1 aliphatic heterocycles. The van der Waals surface area contributed by atoms with Crippen molar-refractivity contribution in [1.82, 2.24) is 15.0 Å². The Morgan fingerprint density at radius 3 is 2.24 bits per heavy atom. The maximum absolute atomic E-state index is 13.9. The Bertz CT molecular complexity index is 2020. The van der Waals surface area contributed by atoms with E-state index in [4.69, 9.17) is 19.8 Å². The number of hydrazone groups is 1. The van der Waals surface area contributed by atoms with E-state index in [-0.39, 0.29) is 11.9 Å². The van der Waals surface area contributed by atoms with E-state index in [9.17, 15) is 4.79 Å². The molecular formula is C37H28BrN5O2. The maximum atomic E-state index is 13.9. The number of hydrogen-bond acceptors (Lipinski definition) is 6.